The summed E-state index contributed by atoms with van der Waals surface area (Å²) in [5.74, 6) is 0. The summed E-state index contributed by atoms with van der Waals surface area (Å²) in [6, 6.07) is 0. The Morgan fingerprint density at radius 3 is 1.88 bits per heavy atom. The van der Waals surface area contributed by atoms with Crippen LogP contribution in [0.4, 0.5) is 0 Å². The first-order valence-corrected chi connectivity index (χ1v) is 3.12. The average molecular weight is 143 g/mol. The molecule has 0 aliphatic heterocycles. The number of carbonyl (C=O) groups excluding carboxylic acids is 1. The minimum Gasteiger partial charge on any atom is -0.282 e. The van der Waals surface area contributed by atoms with Crippen molar-refractivity contribution in [3.05, 3.63) is 10.8 Å². The van der Waals surface area contributed by atoms with E-state index in [-0.39, 0.29) is 5.12 Å². The number of hydrogen-bond acceptors (Lipinski definition) is 1. The standard InChI is InChI=1S/C5H7OSSi/c1-3(4(2)8)5(6)7/h1-2H3,(H,6,7). The summed E-state index contributed by atoms with van der Waals surface area (Å²) < 4.78 is 0. The van der Waals surface area contributed by atoms with Gasteiger partial charge in [-0.1, -0.05) is 5.20 Å². The molecule has 0 aliphatic carbocycles. The fourth-order valence-electron chi connectivity index (χ4n) is 0.160. The Labute approximate surface area is 58.0 Å². The van der Waals surface area contributed by atoms with Crippen molar-refractivity contribution in [2.24, 2.45) is 0 Å². The van der Waals surface area contributed by atoms with Crippen molar-refractivity contribution in [1.82, 2.24) is 0 Å². The highest BCUT2D eigenvalue weighted by molar-refractivity contribution is 7.97. The molecule has 0 saturated heterocycles. The van der Waals surface area contributed by atoms with E-state index in [0.29, 0.717) is 5.57 Å². The van der Waals surface area contributed by atoms with E-state index in [2.05, 4.69) is 22.9 Å². The average Bonchev–Trinajstić information content (AvgIpc) is 1.64. The van der Waals surface area contributed by atoms with E-state index in [1.54, 1.807) is 13.8 Å². The quantitative estimate of drug-likeness (QED) is 0.328. The number of carbonyl (C=O) groups is 1. The van der Waals surface area contributed by atoms with E-state index < -0.39 is 0 Å². The van der Waals surface area contributed by atoms with Crippen LogP contribution >= 0.6 is 12.6 Å². The lowest BCUT2D eigenvalue weighted by Crippen LogP contribution is -1.91. The summed E-state index contributed by atoms with van der Waals surface area (Å²) in [5.41, 5.74) is 0.657. The number of allylic oxidation sites excluding steroid dienone is 1. The molecule has 0 aromatic rings. The van der Waals surface area contributed by atoms with Gasteiger partial charge in [0.1, 0.15) is 0 Å². The van der Waals surface area contributed by atoms with Crippen LogP contribution in [0.25, 0.3) is 0 Å². The van der Waals surface area contributed by atoms with Gasteiger partial charge in [0.15, 0.2) is 0 Å². The molecule has 0 amide bonds. The molecule has 0 fully saturated rings. The molecule has 8 heavy (non-hydrogen) atoms. The largest absolute Gasteiger partial charge is 0.282 e. The minimum absolute atomic E-state index is 0.183. The van der Waals surface area contributed by atoms with Gasteiger partial charge in [0.25, 0.3) is 0 Å². The molecule has 3 radical (unpaired) electrons. The second-order valence-corrected chi connectivity index (χ2v) is 2.71. The molecule has 0 N–H and O–H groups in total. The summed E-state index contributed by atoms with van der Waals surface area (Å²) in [4.78, 5) is 10.4. The van der Waals surface area contributed by atoms with Gasteiger partial charge in [-0.25, -0.2) is 0 Å². The van der Waals surface area contributed by atoms with E-state index >= 15 is 0 Å². The Hall–Kier alpha value is -0.0231. The maximum absolute atomic E-state index is 10.4. The lowest BCUT2D eigenvalue weighted by molar-refractivity contribution is -0.107. The molecule has 0 aliphatic rings. The van der Waals surface area contributed by atoms with E-state index in [9.17, 15) is 4.79 Å². The molecule has 0 heterocycles. The molecule has 43 valence electrons. The first kappa shape index (κ1) is 7.98. The molecule has 0 aromatic carbocycles. The van der Waals surface area contributed by atoms with Crippen molar-refractivity contribution >= 4 is 28.0 Å². The summed E-state index contributed by atoms with van der Waals surface area (Å²) in [7, 11) is 3.20. The Morgan fingerprint density at radius 1 is 1.50 bits per heavy atom. The molecule has 0 spiro atoms. The molecule has 0 rings (SSSR count). The smallest absolute Gasteiger partial charge is 0.211 e. The normalized spacial score (nSPS) is 13.0. The predicted molar refractivity (Wildman–Crippen MR) is 38.1 cm³/mol. The molecule has 0 atom stereocenters. The maximum atomic E-state index is 10.4. The highest BCUT2D eigenvalue weighted by Gasteiger charge is 1.96. The fraction of sp³-hybridized carbons (Fsp3) is 0.400. The SMILES string of the molecule is CC([Si])=C(C)C(=O)S. The minimum atomic E-state index is -0.183. The molecule has 0 aromatic heterocycles. The second-order valence-electron chi connectivity index (χ2n) is 1.56. The topological polar surface area (TPSA) is 17.1 Å². The Morgan fingerprint density at radius 2 is 1.88 bits per heavy atom. The van der Waals surface area contributed by atoms with Crippen LogP contribution in [0.5, 0.6) is 0 Å². The fourth-order valence-corrected chi connectivity index (χ4v) is 0.547. The molecule has 3 heteroatoms. The van der Waals surface area contributed by atoms with Gasteiger partial charge in [-0.05, 0) is 19.4 Å². The van der Waals surface area contributed by atoms with Crippen LogP contribution in [0.2, 0.25) is 0 Å². The van der Waals surface area contributed by atoms with Crippen LogP contribution < -0.4 is 0 Å². The number of hydrogen-bond donors (Lipinski definition) is 1. The van der Waals surface area contributed by atoms with Crippen molar-refractivity contribution in [2.45, 2.75) is 13.8 Å². The zero-order chi connectivity index (χ0) is 6.73. The van der Waals surface area contributed by atoms with E-state index in [1.807, 2.05) is 0 Å². The highest BCUT2D eigenvalue weighted by Crippen LogP contribution is 2.01. The summed E-state index contributed by atoms with van der Waals surface area (Å²) >= 11 is 3.60. The van der Waals surface area contributed by atoms with Gasteiger partial charge in [-0.15, -0.1) is 12.6 Å². The van der Waals surface area contributed by atoms with Crippen LogP contribution in [0.3, 0.4) is 0 Å². The zero-order valence-electron chi connectivity index (χ0n) is 4.86. The number of rotatable bonds is 1. The summed E-state index contributed by atoms with van der Waals surface area (Å²) in [6.45, 7) is 3.53. The maximum Gasteiger partial charge on any atom is 0.211 e. The van der Waals surface area contributed by atoms with Crippen LogP contribution in [0, 0.1) is 0 Å². The third kappa shape index (κ3) is 2.33. The predicted octanol–water partition coefficient (Wildman–Crippen LogP) is 0.905. The van der Waals surface area contributed by atoms with Crippen LogP contribution in [-0.2, 0) is 4.79 Å². The number of thiol groups is 1. The van der Waals surface area contributed by atoms with Gasteiger partial charge < -0.3 is 0 Å². The van der Waals surface area contributed by atoms with Gasteiger partial charge in [0, 0.05) is 0 Å². The van der Waals surface area contributed by atoms with Gasteiger partial charge in [0.2, 0.25) is 5.12 Å². The monoisotopic (exact) mass is 143 g/mol. The highest BCUT2D eigenvalue weighted by atomic mass is 32.1. The lowest BCUT2D eigenvalue weighted by Gasteiger charge is -1.93. The third-order valence-electron chi connectivity index (χ3n) is 0.883. The van der Waals surface area contributed by atoms with Crippen molar-refractivity contribution < 1.29 is 4.79 Å². The van der Waals surface area contributed by atoms with Crippen molar-refractivity contribution in [1.29, 1.82) is 0 Å². The lowest BCUT2D eigenvalue weighted by atomic mass is 10.3. The molecular formula is C5H7OSSi. The Kier molecular flexibility index (Phi) is 3.08. The Bertz CT molecular complexity index is 135. The van der Waals surface area contributed by atoms with Gasteiger partial charge in [-0.2, -0.15) is 0 Å². The van der Waals surface area contributed by atoms with E-state index in [1.165, 1.54) is 0 Å². The zero-order valence-corrected chi connectivity index (χ0v) is 6.75. The first-order valence-electron chi connectivity index (χ1n) is 2.18. The van der Waals surface area contributed by atoms with Crippen LogP contribution in [0.1, 0.15) is 13.8 Å². The molecule has 0 unspecified atom stereocenters. The van der Waals surface area contributed by atoms with Crippen molar-refractivity contribution in [2.75, 3.05) is 0 Å². The van der Waals surface area contributed by atoms with Gasteiger partial charge >= 0.3 is 0 Å². The third-order valence-corrected chi connectivity index (χ3v) is 1.59. The van der Waals surface area contributed by atoms with Crippen LogP contribution in [0.15, 0.2) is 10.8 Å². The van der Waals surface area contributed by atoms with Crippen molar-refractivity contribution in [3.8, 4) is 0 Å². The Balaban J connectivity index is 4.23. The first-order chi connectivity index (χ1) is 3.55. The molecular weight excluding hydrogens is 136 g/mol. The summed E-state index contributed by atoms with van der Waals surface area (Å²) in [6.07, 6.45) is 0. The van der Waals surface area contributed by atoms with Gasteiger partial charge in [-0.3, -0.25) is 4.79 Å². The molecule has 0 saturated carbocycles. The van der Waals surface area contributed by atoms with Crippen LogP contribution in [-0.4, -0.2) is 15.4 Å². The molecule has 1 nitrogen and oxygen atoms in total. The van der Waals surface area contributed by atoms with E-state index in [4.69, 9.17) is 0 Å². The van der Waals surface area contributed by atoms with E-state index in [0.717, 1.165) is 5.20 Å². The second kappa shape index (κ2) is 3.09. The van der Waals surface area contributed by atoms with Gasteiger partial charge in [0.05, 0.1) is 10.2 Å². The van der Waals surface area contributed by atoms with Crippen molar-refractivity contribution in [3.63, 3.8) is 0 Å². The molecule has 0 bridgehead atoms. The summed E-state index contributed by atoms with van der Waals surface area (Å²) in [5, 5.41) is 0.655.